The maximum Gasteiger partial charge on any atom is 0.335 e. The monoisotopic (exact) mass is 546 g/mol. The molecule has 1 fully saturated rings. The first-order chi connectivity index (χ1) is 19.3. The summed E-state index contributed by atoms with van der Waals surface area (Å²) in [5, 5.41) is 9.12. The van der Waals surface area contributed by atoms with Gasteiger partial charge in [-0.05, 0) is 86.0 Å². The fourth-order valence-electron chi connectivity index (χ4n) is 5.45. The van der Waals surface area contributed by atoms with E-state index in [1.807, 2.05) is 0 Å². The molecule has 0 heterocycles. The Morgan fingerprint density at radius 1 is 0.875 bits per heavy atom. The number of aliphatic hydroxyl groups excluding tert-OH is 1. The minimum absolute atomic E-state index is 0.0173. The predicted octanol–water partition coefficient (Wildman–Crippen LogP) is 7.58. The van der Waals surface area contributed by atoms with Crippen LogP contribution in [0.25, 0.3) is 11.1 Å². The minimum atomic E-state index is -0.617. The summed E-state index contributed by atoms with van der Waals surface area (Å²) in [6.07, 6.45) is 10.1. The Labute approximate surface area is 240 Å². The van der Waals surface area contributed by atoms with Crippen LogP contribution in [0.1, 0.15) is 82.3 Å². The van der Waals surface area contributed by atoms with Gasteiger partial charge in [-0.25, -0.2) is 9.59 Å². The zero-order valence-electron chi connectivity index (χ0n) is 24.3. The molecular formula is C35H46O5. The molecule has 5 heteroatoms. The van der Waals surface area contributed by atoms with Crippen LogP contribution in [-0.4, -0.2) is 36.9 Å². The Morgan fingerprint density at radius 3 is 2.00 bits per heavy atom. The molecule has 0 amide bonds. The van der Waals surface area contributed by atoms with Gasteiger partial charge in [0.15, 0.2) is 0 Å². The molecule has 5 nitrogen and oxygen atoms in total. The molecule has 0 bridgehead atoms. The van der Waals surface area contributed by atoms with Crippen LogP contribution in [0.3, 0.4) is 0 Å². The second-order valence-electron chi connectivity index (χ2n) is 11.3. The van der Waals surface area contributed by atoms with Crippen molar-refractivity contribution >= 4 is 11.9 Å². The van der Waals surface area contributed by atoms with Crippen molar-refractivity contribution in [1.82, 2.24) is 0 Å². The fourth-order valence-corrected chi connectivity index (χ4v) is 5.45. The summed E-state index contributed by atoms with van der Waals surface area (Å²) in [5.74, 6) is -0.158. The zero-order valence-corrected chi connectivity index (χ0v) is 24.3. The second-order valence-corrected chi connectivity index (χ2v) is 11.3. The molecule has 40 heavy (non-hydrogen) atoms. The van der Waals surface area contributed by atoms with Gasteiger partial charge in [0.2, 0.25) is 0 Å². The Bertz CT molecular complexity index is 1110. The predicted molar refractivity (Wildman–Crippen MR) is 161 cm³/mol. The maximum atomic E-state index is 12.0. The summed E-state index contributed by atoms with van der Waals surface area (Å²) in [7, 11) is 0. The number of aryl methyl sites for hydroxylation is 1. The van der Waals surface area contributed by atoms with E-state index in [0.29, 0.717) is 17.4 Å². The van der Waals surface area contributed by atoms with Crippen molar-refractivity contribution in [3.63, 3.8) is 0 Å². The Morgan fingerprint density at radius 2 is 1.45 bits per heavy atom. The molecule has 1 saturated carbocycles. The number of esters is 2. The van der Waals surface area contributed by atoms with Gasteiger partial charge < -0.3 is 14.6 Å². The van der Waals surface area contributed by atoms with Crippen LogP contribution in [0, 0.1) is 11.8 Å². The van der Waals surface area contributed by atoms with Crippen molar-refractivity contribution in [2.75, 3.05) is 19.8 Å². The van der Waals surface area contributed by atoms with E-state index in [0.717, 1.165) is 38.5 Å². The number of hydrogen-bond donors (Lipinski definition) is 1. The SMILES string of the molecule is C=C(C)C(=O)OCC(COC(=O)C(=C)CO)CC1CCC(c2ccc(-c3ccc(CCCCC)cc3)cc2)CC1. The number of hydrogen-bond acceptors (Lipinski definition) is 5. The molecule has 0 spiro atoms. The molecule has 1 N–H and O–H groups in total. The molecule has 3 rings (SSSR count). The summed E-state index contributed by atoms with van der Waals surface area (Å²) in [6.45, 7) is 10.9. The average molecular weight is 547 g/mol. The first-order valence-corrected chi connectivity index (χ1v) is 14.8. The highest BCUT2D eigenvalue weighted by Gasteiger charge is 2.26. The molecule has 2 aromatic carbocycles. The highest BCUT2D eigenvalue weighted by atomic mass is 16.5. The van der Waals surface area contributed by atoms with Crippen molar-refractivity contribution < 1.29 is 24.2 Å². The van der Waals surface area contributed by atoms with Gasteiger partial charge in [-0.2, -0.15) is 0 Å². The molecule has 0 radical (unpaired) electrons. The third-order valence-electron chi connectivity index (χ3n) is 7.98. The number of unbranched alkanes of at least 4 members (excludes halogenated alkanes) is 2. The van der Waals surface area contributed by atoms with Gasteiger partial charge in [-0.1, -0.05) is 81.5 Å². The van der Waals surface area contributed by atoms with E-state index in [1.54, 1.807) is 6.92 Å². The zero-order chi connectivity index (χ0) is 28.9. The Balaban J connectivity index is 1.52. The van der Waals surface area contributed by atoms with E-state index in [9.17, 15) is 9.59 Å². The summed E-state index contributed by atoms with van der Waals surface area (Å²) < 4.78 is 10.7. The van der Waals surface area contributed by atoms with E-state index in [4.69, 9.17) is 14.6 Å². The lowest BCUT2D eigenvalue weighted by Crippen LogP contribution is -2.25. The topological polar surface area (TPSA) is 72.8 Å². The van der Waals surface area contributed by atoms with Crippen LogP contribution in [-0.2, 0) is 25.5 Å². The third kappa shape index (κ3) is 9.78. The van der Waals surface area contributed by atoms with Gasteiger partial charge in [0.05, 0.1) is 25.4 Å². The van der Waals surface area contributed by atoms with Crippen LogP contribution >= 0.6 is 0 Å². The molecule has 0 aromatic heterocycles. The van der Waals surface area contributed by atoms with E-state index < -0.39 is 18.5 Å². The van der Waals surface area contributed by atoms with Crippen molar-refractivity contribution in [3.8, 4) is 11.1 Å². The smallest absolute Gasteiger partial charge is 0.335 e. The highest BCUT2D eigenvalue weighted by molar-refractivity contribution is 5.88. The largest absolute Gasteiger partial charge is 0.462 e. The molecule has 216 valence electrons. The van der Waals surface area contributed by atoms with Gasteiger partial charge in [0.25, 0.3) is 0 Å². The standard InChI is InChI=1S/C35H46O5/c1-5-6-7-8-27-9-13-30(14-10-27)32-17-19-33(20-18-32)31-15-11-28(12-16-31)21-29(23-39-34(37)25(2)3)24-40-35(38)26(4)22-36/h9-10,13-14,17-20,28-29,31,36H,2,4-8,11-12,15-16,21-24H2,1,3H3. The number of benzene rings is 2. The van der Waals surface area contributed by atoms with Crippen molar-refractivity contribution in [2.45, 2.75) is 77.6 Å². The van der Waals surface area contributed by atoms with Gasteiger partial charge in [-0.3, -0.25) is 0 Å². The quantitative estimate of drug-likeness (QED) is 0.142. The number of carbonyl (C=O) groups is 2. The van der Waals surface area contributed by atoms with Crippen LogP contribution in [0.5, 0.6) is 0 Å². The lowest BCUT2D eigenvalue weighted by Gasteiger charge is -2.31. The lowest BCUT2D eigenvalue weighted by atomic mass is 9.75. The van der Waals surface area contributed by atoms with Crippen LogP contribution < -0.4 is 0 Å². The second kappa shape index (κ2) is 16.2. The third-order valence-corrected chi connectivity index (χ3v) is 7.98. The first kappa shape index (κ1) is 31.3. The average Bonchev–Trinajstić information content (AvgIpc) is 2.98. The number of rotatable bonds is 15. The van der Waals surface area contributed by atoms with E-state index in [1.165, 1.54) is 41.5 Å². The lowest BCUT2D eigenvalue weighted by molar-refractivity contribution is -0.144. The van der Waals surface area contributed by atoms with Gasteiger partial charge in [-0.15, -0.1) is 0 Å². The molecule has 1 atom stereocenters. The van der Waals surface area contributed by atoms with E-state index >= 15 is 0 Å². The molecule has 0 saturated heterocycles. The molecule has 1 aliphatic carbocycles. The fraction of sp³-hybridized carbons (Fsp3) is 0.486. The summed E-state index contributed by atoms with van der Waals surface area (Å²) in [5.41, 5.74) is 5.68. The normalized spacial score (nSPS) is 17.6. The van der Waals surface area contributed by atoms with Gasteiger partial charge in [0, 0.05) is 11.5 Å². The Hall–Kier alpha value is -3.18. The first-order valence-electron chi connectivity index (χ1n) is 14.8. The van der Waals surface area contributed by atoms with E-state index in [-0.39, 0.29) is 24.7 Å². The number of carbonyl (C=O) groups excluding carboxylic acids is 2. The number of ether oxygens (including phenoxy) is 2. The van der Waals surface area contributed by atoms with Crippen molar-refractivity contribution in [2.24, 2.45) is 11.8 Å². The van der Waals surface area contributed by atoms with Gasteiger partial charge >= 0.3 is 11.9 Å². The van der Waals surface area contributed by atoms with Crippen LogP contribution in [0.2, 0.25) is 0 Å². The maximum absolute atomic E-state index is 12.0. The van der Waals surface area contributed by atoms with Crippen molar-refractivity contribution in [3.05, 3.63) is 84.0 Å². The highest BCUT2D eigenvalue weighted by Crippen LogP contribution is 2.39. The Kier molecular flexibility index (Phi) is 12.7. The summed E-state index contributed by atoms with van der Waals surface area (Å²) >= 11 is 0. The molecule has 0 aliphatic heterocycles. The minimum Gasteiger partial charge on any atom is -0.462 e. The molecule has 2 aromatic rings. The van der Waals surface area contributed by atoms with Crippen LogP contribution in [0.15, 0.2) is 72.8 Å². The number of aliphatic hydroxyl groups is 1. The van der Waals surface area contributed by atoms with Crippen molar-refractivity contribution in [1.29, 1.82) is 0 Å². The summed E-state index contributed by atoms with van der Waals surface area (Å²) in [6, 6.07) is 18.0. The molecule has 1 aliphatic rings. The van der Waals surface area contributed by atoms with Crippen LogP contribution in [0.4, 0.5) is 0 Å². The van der Waals surface area contributed by atoms with E-state index in [2.05, 4.69) is 68.6 Å². The molecular weight excluding hydrogens is 500 g/mol. The summed E-state index contributed by atoms with van der Waals surface area (Å²) in [4.78, 5) is 23.9. The molecule has 1 unspecified atom stereocenters. The van der Waals surface area contributed by atoms with Gasteiger partial charge in [0.1, 0.15) is 0 Å².